The second-order valence-electron chi connectivity index (χ2n) is 8.30. The van der Waals surface area contributed by atoms with Crippen molar-refractivity contribution in [3.05, 3.63) is 70.9 Å². The zero-order valence-corrected chi connectivity index (χ0v) is 17.5. The molecule has 1 aromatic heterocycles. The zero-order valence-electron chi connectivity index (χ0n) is 17.5. The lowest BCUT2D eigenvalue weighted by Gasteiger charge is -2.32. The van der Waals surface area contributed by atoms with Gasteiger partial charge in [-0.1, -0.05) is 30.3 Å². The highest BCUT2D eigenvalue weighted by Gasteiger charge is 2.15. The lowest BCUT2D eigenvalue weighted by atomic mass is 10.0. The molecule has 1 radical (unpaired) electrons. The van der Waals surface area contributed by atoms with Gasteiger partial charge in [-0.15, -0.1) is 0 Å². The van der Waals surface area contributed by atoms with E-state index in [1.807, 2.05) is 12.1 Å². The molecule has 1 aliphatic heterocycles. The third kappa shape index (κ3) is 4.16. The van der Waals surface area contributed by atoms with Crippen molar-refractivity contribution in [1.29, 1.82) is 0 Å². The molecule has 0 bridgehead atoms. The van der Waals surface area contributed by atoms with E-state index in [-0.39, 0.29) is 0 Å². The van der Waals surface area contributed by atoms with Crippen LogP contribution in [0.3, 0.4) is 0 Å². The summed E-state index contributed by atoms with van der Waals surface area (Å²) < 4.78 is 2.53. The maximum absolute atomic E-state index is 3.10. The van der Waals surface area contributed by atoms with Gasteiger partial charge in [-0.05, 0) is 75.2 Å². The minimum Gasteiger partial charge on any atom is -0.345 e. The Kier molecular flexibility index (Phi) is 5.84. The van der Waals surface area contributed by atoms with Gasteiger partial charge in [0.1, 0.15) is 0 Å². The van der Waals surface area contributed by atoms with Crippen LogP contribution >= 0.6 is 0 Å². The summed E-state index contributed by atoms with van der Waals surface area (Å²) in [7, 11) is 2.22. The molecule has 1 fully saturated rings. The summed E-state index contributed by atoms with van der Waals surface area (Å²) in [5.41, 5.74) is 6.96. The van der Waals surface area contributed by atoms with E-state index < -0.39 is 0 Å². The highest BCUT2D eigenvalue weighted by molar-refractivity contribution is 5.86. The van der Waals surface area contributed by atoms with E-state index in [4.69, 9.17) is 0 Å². The number of benzene rings is 2. The van der Waals surface area contributed by atoms with E-state index in [1.54, 1.807) is 0 Å². The highest BCUT2D eigenvalue weighted by atomic mass is 15.2. The smallest absolute Gasteiger partial charge is 0.0485 e. The summed E-state index contributed by atoms with van der Waals surface area (Å²) >= 11 is 0. The molecule has 3 nitrogen and oxygen atoms in total. The van der Waals surface area contributed by atoms with Gasteiger partial charge in [-0.25, -0.2) is 0 Å². The number of aryl methyl sites for hydroxylation is 2. The third-order valence-corrected chi connectivity index (χ3v) is 6.35. The van der Waals surface area contributed by atoms with Crippen LogP contribution in [0.5, 0.6) is 0 Å². The van der Waals surface area contributed by atoms with Gasteiger partial charge in [0.25, 0.3) is 0 Å². The first-order valence-electron chi connectivity index (χ1n) is 10.6. The maximum Gasteiger partial charge on any atom is 0.0485 e. The molecule has 1 saturated heterocycles. The summed E-state index contributed by atoms with van der Waals surface area (Å²) in [6.07, 6.45) is 2.20. The van der Waals surface area contributed by atoms with Crippen molar-refractivity contribution in [2.75, 3.05) is 39.8 Å². The van der Waals surface area contributed by atoms with Gasteiger partial charge in [-0.3, -0.25) is 0 Å². The topological polar surface area (TPSA) is 11.4 Å². The molecule has 28 heavy (non-hydrogen) atoms. The molecule has 0 atom stereocenters. The number of hydrogen-bond donors (Lipinski definition) is 0. The van der Waals surface area contributed by atoms with Gasteiger partial charge in [0, 0.05) is 49.3 Å². The monoisotopic (exact) mass is 374 g/mol. The van der Waals surface area contributed by atoms with Gasteiger partial charge >= 0.3 is 0 Å². The van der Waals surface area contributed by atoms with Crippen LogP contribution < -0.4 is 0 Å². The van der Waals surface area contributed by atoms with E-state index in [1.165, 1.54) is 72.4 Å². The Morgan fingerprint density at radius 2 is 1.64 bits per heavy atom. The van der Waals surface area contributed by atoms with Gasteiger partial charge in [-0.2, -0.15) is 0 Å². The van der Waals surface area contributed by atoms with E-state index in [2.05, 4.69) is 71.7 Å². The fourth-order valence-corrected chi connectivity index (χ4v) is 4.39. The minimum absolute atomic E-state index is 0.984. The predicted molar refractivity (Wildman–Crippen MR) is 118 cm³/mol. The van der Waals surface area contributed by atoms with Gasteiger partial charge in [0.2, 0.25) is 0 Å². The second kappa shape index (κ2) is 8.50. The Bertz CT molecular complexity index is 918. The molecule has 0 N–H and O–H groups in total. The minimum atomic E-state index is 0.984. The number of fused-ring (bicyclic) bond motifs is 1. The first-order chi connectivity index (χ1) is 13.6. The van der Waals surface area contributed by atoms with Crippen LogP contribution in [-0.4, -0.2) is 54.1 Å². The number of aromatic nitrogens is 1. The summed E-state index contributed by atoms with van der Waals surface area (Å²) in [5.74, 6) is 0. The van der Waals surface area contributed by atoms with Crippen LogP contribution in [0.4, 0.5) is 0 Å². The Hall–Kier alpha value is -2.10. The van der Waals surface area contributed by atoms with Crippen LogP contribution in [0.2, 0.25) is 0 Å². The molecule has 1 aliphatic rings. The Morgan fingerprint density at radius 1 is 0.893 bits per heavy atom. The van der Waals surface area contributed by atoms with Crippen molar-refractivity contribution in [1.82, 2.24) is 14.4 Å². The molecule has 147 valence electrons. The molecule has 0 aliphatic carbocycles. The van der Waals surface area contributed by atoms with Crippen LogP contribution in [0, 0.1) is 19.9 Å². The van der Waals surface area contributed by atoms with Crippen LogP contribution in [0.15, 0.2) is 42.5 Å². The third-order valence-electron chi connectivity index (χ3n) is 6.35. The number of likely N-dealkylation sites (N-methyl/N-ethyl adjacent to an activating group) is 1. The maximum atomic E-state index is 3.10. The lowest BCUT2D eigenvalue weighted by Crippen LogP contribution is -2.44. The number of nitrogens with zero attached hydrogens (tertiary/aromatic N) is 3. The standard InChI is InChI=1S/C25H32N3/c1-20-21(2)28(13-7-12-27-16-14-26(3)15-17-27)25-11-10-23(19-24(20)25)18-22-8-5-4-6-9-22/h5-6,8-11,19H,7,12-18H2,1-3H3. The van der Waals surface area contributed by atoms with E-state index in [0.717, 1.165) is 13.0 Å². The van der Waals surface area contributed by atoms with Crippen LogP contribution in [0.1, 0.15) is 28.8 Å². The number of piperazine rings is 1. The van der Waals surface area contributed by atoms with Crippen molar-refractivity contribution < 1.29 is 0 Å². The summed E-state index contributed by atoms with van der Waals surface area (Å²) in [6.45, 7) is 11.7. The quantitative estimate of drug-likeness (QED) is 0.638. The van der Waals surface area contributed by atoms with Gasteiger partial charge in [0.05, 0.1) is 0 Å². The Balaban J connectivity index is 1.47. The number of hydrogen-bond acceptors (Lipinski definition) is 2. The van der Waals surface area contributed by atoms with Gasteiger partial charge < -0.3 is 14.4 Å². The van der Waals surface area contributed by atoms with Crippen LogP contribution in [0.25, 0.3) is 10.9 Å². The summed E-state index contributed by atoms with van der Waals surface area (Å²) in [5, 5.41) is 1.41. The van der Waals surface area contributed by atoms with Crippen molar-refractivity contribution in [2.45, 2.75) is 33.2 Å². The average molecular weight is 375 g/mol. The van der Waals surface area contributed by atoms with Crippen molar-refractivity contribution in [3.8, 4) is 0 Å². The predicted octanol–water partition coefficient (Wildman–Crippen LogP) is 4.29. The first kappa shape index (κ1) is 19.2. The molecule has 2 aromatic carbocycles. The van der Waals surface area contributed by atoms with E-state index in [9.17, 15) is 0 Å². The lowest BCUT2D eigenvalue weighted by molar-refractivity contribution is 0.151. The Morgan fingerprint density at radius 3 is 2.39 bits per heavy atom. The summed E-state index contributed by atoms with van der Waals surface area (Å²) in [6, 6.07) is 18.4. The van der Waals surface area contributed by atoms with Crippen LogP contribution in [-0.2, 0) is 13.0 Å². The van der Waals surface area contributed by atoms with Gasteiger partial charge in [0.15, 0.2) is 0 Å². The van der Waals surface area contributed by atoms with E-state index >= 15 is 0 Å². The molecule has 0 spiro atoms. The van der Waals surface area contributed by atoms with Crippen molar-refractivity contribution in [2.24, 2.45) is 0 Å². The molecule has 0 saturated carbocycles. The SMILES string of the molecule is Cc1c(C)n(CCCN2CCN(C)CC2)c2ccc(Cc3cc[c]cc3)cc12. The molecule has 0 unspecified atom stereocenters. The molecular formula is C25H32N3. The molecular weight excluding hydrogens is 342 g/mol. The fraction of sp³-hybridized carbons (Fsp3) is 0.440. The number of rotatable bonds is 6. The average Bonchev–Trinajstić information content (AvgIpc) is 2.95. The largest absolute Gasteiger partial charge is 0.345 e. The Labute approximate surface area is 169 Å². The molecule has 0 amide bonds. The first-order valence-corrected chi connectivity index (χ1v) is 10.6. The highest BCUT2D eigenvalue weighted by Crippen LogP contribution is 2.27. The molecule has 4 rings (SSSR count). The van der Waals surface area contributed by atoms with E-state index in [0.29, 0.717) is 0 Å². The van der Waals surface area contributed by atoms with Crippen molar-refractivity contribution >= 4 is 10.9 Å². The zero-order chi connectivity index (χ0) is 19.5. The molecule has 2 heterocycles. The fourth-order valence-electron chi connectivity index (χ4n) is 4.39. The van der Waals surface area contributed by atoms with Crippen molar-refractivity contribution in [3.63, 3.8) is 0 Å². The summed E-state index contributed by atoms with van der Waals surface area (Å²) in [4.78, 5) is 5.04. The molecule has 3 heteroatoms. The molecule has 3 aromatic rings. The second-order valence-corrected chi connectivity index (χ2v) is 8.30. The normalized spacial score (nSPS) is 16.1.